The van der Waals surface area contributed by atoms with Gasteiger partial charge in [-0.05, 0) is 18.6 Å². The van der Waals surface area contributed by atoms with Crippen molar-refractivity contribution >= 4 is 17.0 Å². The fourth-order valence-electron chi connectivity index (χ4n) is 2.72. The fraction of sp³-hybridized carbons (Fsp3) is 0.588. The van der Waals surface area contributed by atoms with Crippen LogP contribution in [0.2, 0.25) is 0 Å². The van der Waals surface area contributed by atoms with E-state index in [1.54, 1.807) is 0 Å². The second-order valence-corrected chi connectivity index (χ2v) is 5.45. The number of nitrogens with zero attached hydrogens (tertiary/aromatic N) is 2. The lowest BCUT2D eigenvalue weighted by Crippen LogP contribution is -2.03. The largest absolute Gasteiger partial charge is 0.359 e. The third-order valence-corrected chi connectivity index (χ3v) is 3.86. The summed E-state index contributed by atoms with van der Waals surface area (Å²) in [5.74, 6) is 0.984. The molecule has 0 spiro atoms. The van der Waals surface area contributed by atoms with E-state index in [1.807, 2.05) is 13.1 Å². The molecule has 2 aromatic rings. The van der Waals surface area contributed by atoms with Crippen LogP contribution in [0.25, 0.3) is 11.0 Å². The molecular formula is C17H27N3. The molecule has 3 heteroatoms. The second-order valence-electron chi connectivity index (χ2n) is 5.45. The SMILES string of the molecule is CCCCCCCCCn1c(NC)nc2ccccc21. The van der Waals surface area contributed by atoms with Crippen LogP contribution < -0.4 is 5.32 Å². The van der Waals surface area contributed by atoms with Gasteiger partial charge in [0.25, 0.3) is 0 Å². The summed E-state index contributed by atoms with van der Waals surface area (Å²) in [5, 5.41) is 3.21. The Hall–Kier alpha value is -1.51. The van der Waals surface area contributed by atoms with Gasteiger partial charge in [-0.2, -0.15) is 0 Å². The van der Waals surface area contributed by atoms with E-state index >= 15 is 0 Å². The van der Waals surface area contributed by atoms with Crippen LogP contribution in [0, 0.1) is 0 Å². The van der Waals surface area contributed by atoms with Crippen LogP contribution in [0.3, 0.4) is 0 Å². The van der Waals surface area contributed by atoms with Crippen molar-refractivity contribution in [1.82, 2.24) is 9.55 Å². The maximum absolute atomic E-state index is 4.62. The molecule has 0 saturated carbocycles. The minimum absolute atomic E-state index is 0.984. The van der Waals surface area contributed by atoms with Crippen LogP contribution in [0.4, 0.5) is 5.95 Å². The molecule has 0 unspecified atom stereocenters. The van der Waals surface area contributed by atoms with Gasteiger partial charge in [0.05, 0.1) is 11.0 Å². The summed E-state index contributed by atoms with van der Waals surface area (Å²) in [6.45, 7) is 3.33. The van der Waals surface area contributed by atoms with Crippen molar-refractivity contribution in [2.45, 2.75) is 58.4 Å². The summed E-state index contributed by atoms with van der Waals surface area (Å²) >= 11 is 0. The number of hydrogen-bond donors (Lipinski definition) is 1. The molecule has 1 aromatic heterocycles. The van der Waals surface area contributed by atoms with E-state index in [9.17, 15) is 0 Å². The summed E-state index contributed by atoms with van der Waals surface area (Å²) in [6, 6.07) is 8.37. The summed E-state index contributed by atoms with van der Waals surface area (Å²) in [7, 11) is 1.95. The molecule has 1 heterocycles. The Morgan fingerprint density at radius 3 is 2.45 bits per heavy atom. The summed E-state index contributed by atoms with van der Waals surface area (Å²) < 4.78 is 2.31. The number of benzene rings is 1. The number of nitrogens with one attached hydrogen (secondary N) is 1. The van der Waals surface area contributed by atoms with Crippen LogP contribution >= 0.6 is 0 Å². The van der Waals surface area contributed by atoms with Crippen molar-refractivity contribution in [3.8, 4) is 0 Å². The number of unbranched alkanes of at least 4 members (excludes halogenated alkanes) is 6. The number of rotatable bonds is 9. The van der Waals surface area contributed by atoms with E-state index in [2.05, 4.69) is 40.0 Å². The zero-order valence-electron chi connectivity index (χ0n) is 12.9. The summed E-state index contributed by atoms with van der Waals surface area (Å²) in [5.41, 5.74) is 2.32. The predicted molar refractivity (Wildman–Crippen MR) is 87.3 cm³/mol. The smallest absolute Gasteiger partial charge is 0.203 e. The van der Waals surface area contributed by atoms with Crippen molar-refractivity contribution in [2.75, 3.05) is 12.4 Å². The topological polar surface area (TPSA) is 29.9 Å². The van der Waals surface area contributed by atoms with Gasteiger partial charge in [0.2, 0.25) is 5.95 Å². The quantitative estimate of drug-likeness (QED) is 0.663. The van der Waals surface area contributed by atoms with E-state index < -0.39 is 0 Å². The highest BCUT2D eigenvalue weighted by molar-refractivity contribution is 5.78. The Morgan fingerprint density at radius 1 is 1.00 bits per heavy atom. The molecule has 0 aliphatic rings. The van der Waals surface area contributed by atoms with E-state index in [0.717, 1.165) is 18.0 Å². The zero-order valence-corrected chi connectivity index (χ0v) is 12.9. The van der Waals surface area contributed by atoms with Gasteiger partial charge in [0.1, 0.15) is 0 Å². The van der Waals surface area contributed by atoms with Crippen LogP contribution in [0.15, 0.2) is 24.3 Å². The minimum atomic E-state index is 0.984. The second kappa shape index (κ2) is 7.93. The Kier molecular flexibility index (Phi) is 5.90. The molecule has 0 aliphatic carbocycles. The number of anilines is 1. The monoisotopic (exact) mass is 273 g/mol. The highest BCUT2D eigenvalue weighted by atomic mass is 15.2. The average Bonchev–Trinajstić information content (AvgIpc) is 2.84. The molecule has 3 nitrogen and oxygen atoms in total. The minimum Gasteiger partial charge on any atom is -0.359 e. The van der Waals surface area contributed by atoms with E-state index in [1.165, 1.54) is 50.5 Å². The zero-order chi connectivity index (χ0) is 14.2. The van der Waals surface area contributed by atoms with Crippen LogP contribution in [-0.4, -0.2) is 16.6 Å². The normalized spacial score (nSPS) is 11.1. The molecule has 0 aliphatic heterocycles. The standard InChI is InChI=1S/C17H27N3/c1-3-4-5-6-7-8-11-14-20-16-13-10-9-12-15(16)19-17(20)18-2/h9-10,12-13H,3-8,11,14H2,1-2H3,(H,18,19). The van der Waals surface area contributed by atoms with Crippen molar-refractivity contribution in [3.05, 3.63) is 24.3 Å². The Bertz CT molecular complexity index is 516. The molecule has 110 valence electrons. The van der Waals surface area contributed by atoms with Crippen molar-refractivity contribution < 1.29 is 0 Å². The Morgan fingerprint density at radius 2 is 1.70 bits per heavy atom. The maximum Gasteiger partial charge on any atom is 0.203 e. The molecule has 0 bridgehead atoms. The van der Waals surface area contributed by atoms with Crippen LogP contribution in [0.1, 0.15) is 51.9 Å². The first-order valence-corrected chi connectivity index (χ1v) is 8.00. The number of imidazole rings is 1. The van der Waals surface area contributed by atoms with Gasteiger partial charge in [-0.3, -0.25) is 0 Å². The van der Waals surface area contributed by atoms with Gasteiger partial charge in [0.15, 0.2) is 0 Å². The highest BCUT2D eigenvalue weighted by Crippen LogP contribution is 2.20. The molecule has 0 radical (unpaired) electrons. The highest BCUT2D eigenvalue weighted by Gasteiger charge is 2.07. The first-order chi connectivity index (χ1) is 9.86. The summed E-state index contributed by atoms with van der Waals surface area (Å²) in [4.78, 5) is 4.62. The van der Waals surface area contributed by atoms with Gasteiger partial charge >= 0.3 is 0 Å². The average molecular weight is 273 g/mol. The molecule has 0 saturated heterocycles. The molecule has 1 N–H and O–H groups in total. The molecule has 0 atom stereocenters. The number of fused-ring (bicyclic) bond motifs is 1. The van der Waals surface area contributed by atoms with Gasteiger partial charge < -0.3 is 9.88 Å². The van der Waals surface area contributed by atoms with Crippen molar-refractivity contribution in [2.24, 2.45) is 0 Å². The third kappa shape index (κ3) is 3.75. The first-order valence-electron chi connectivity index (χ1n) is 8.00. The molecule has 0 amide bonds. The van der Waals surface area contributed by atoms with Gasteiger partial charge in [-0.1, -0.05) is 57.6 Å². The third-order valence-electron chi connectivity index (χ3n) is 3.86. The Labute approximate surface area is 122 Å². The fourth-order valence-corrected chi connectivity index (χ4v) is 2.72. The lowest BCUT2D eigenvalue weighted by Gasteiger charge is -2.08. The molecule has 2 rings (SSSR count). The van der Waals surface area contributed by atoms with Gasteiger partial charge in [-0.25, -0.2) is 4.98 Å². The molecule has 0 fully saturated rings. The van der Waals surface area contributed by atoms with Crippen molar-refractivity contribution in [1.29, 1.82) is 0 Å². The lowest BCUT2D eigenvalue weighted by molar-refractivity contribution is 0.557. The number of aryl methyl sites for hydroxylation is 1. The first kappa shape index (κ1) is 14.9. The number of hydrogen-bond acceptors (Lipinski definition) is 2. The molecular weight excluding hydrogens is 246 g/mol. The molecule has 1 aromatic carbocycles. The lowest BCUT2D eigenvalue weighted by atomic mass is 10.1. The van der Waals surface area contributed by atoms with Crippen molar-refractivity contribution in [3.63, 3.8) is 0 Å². The van der Waals surface area contributed by atoms with Crippen LogP contribution in [-0.2, 0) is 6.54 Å². The number of aromatic nitrogens is 2. The number of para-hydroxylation sites is 2. The Balaban J connectivity index is 1.86. The predicted octanol–water partition coefficient (Wildman–Crippen LogP) is 4.83. The molecule has 20 heavy (non-hydrogen) atoms. The summed E-state index contributed by atoms with van der Waals surface area (Å²) in [6.07, 6.45) is 9.41. The van der Waals surface area contributed by atoms with Crippen LogP contribution in [0.5, 0.6) is 0 Å². The van der Waals surface area contributed by atoms with Gasteiger partial charge in [-0.15, -0.1) is 0 Å². The van der Waals surface area contributed by atoms with E-state index in [0.29, 0.717) is 0 Å². The maximum atomic E-state index is 4.62. The van der Waals surface area contributed by atoms with Gasteiger partial charge in [0, 0.05) is 13.6 Å². The van der Waals surface area contributed by atoms with E-state index in [-0.39, 0.29) is 0 Å². The van der Waals surface area contributed by atoms with E-state index in [4.69, 9.17) is 0 Å².